The lowest BCUT2D eigenvalue weighted by molar-refractivity contribution is -0.104. The fourth-order valence-corrected chi connectivity index (χ4v) is 2.57. The number of halogens is 1. The third kappa shape index (κ3) is 2.73. The third-order valence-electron chi connectivity index (χ3n) is 3.39. The molecule has 0 aliphatic carbocycles. The summed E-state index contributed by atoms with van der Waals surface area (Å²) in [5, 5.41) is 6.89. The van der Waals surface area contributed by atoms with Crippen LogP contribution in [-0.2, 0) is 4.79 Å². The normalized spacial score (nSPS) is 17.0. The summed E-state index contributed by atoms with van der Waals surface area (Å²) >= 11 is 5.97. The van der Waals surface area contributed by atoms with Crippen LogP contribution in [-0.4, -0.2) is 17.5 Å². The van der Waals surface area contributed by atoms with Crippen LogP contribution in [0.2, 0.25) is 5.02 Å². The molecule has 0 aromatic heterocycles. The summed E-state index contributed by atoms with van der Waals surface area (Å²) in [5.74, 6) is 0. The SMILES string of the molecule is O=CC=CN1N=Cc2ccccc2C1c1ccc(Cl)cc1. The third-order valence-corrected chi connectivity index (χ3v) is 3.64. The number of hydrazone groups is 1. The van der Waals surface area contributed by atoms with Gasteiger partial charge in [0.2, 0.25) is 0 Å². The van der Waals surface area contributed by atoms with Crippen LogP contribution in [0.3, 0.4) is 0 Å². The molecule has 1 aliphatic heterocycles. The van der Waals surface area contributed by atoms with Crippen LogP contribution in [0.25, 0.3) is 0 Å². The minimum Gasteiger partial charge on any atom is -0.299 e. The highest BCUT2D eigenvalue weighted by molar-refractivity contribution is 6.30. The quantitative estimate of drug-likeness (QED) is 0.637. The van der Waals surface area contributed by atoms with Crippen molar-refractivity contribution in [3.63, 3.8) is 0 Å². The molecule has 1 aliphatic rings. The number of carbonyl (C=O) groups excluding carboxylic acids is 1. The molecule has 0 N–H and O–H groups in total. The smallest absolute Gasteiger partial charge is 0.144 e. The van der Waals surface area contributed by atoms with E-state index in [0.29, 0.717) is 5.02 Å². The summed E-state index contributed by atoms with van der Waals surface area (Å²) in [6.07, 6.45) is 5.67. The predicted molar refractivity (Wildman–Crippen MR) is 84.4 cm³/mol. The van der Waals surface area contributed by atoms with Gasteiger partial charge in [-0.3, -0.25) is 9.80 Å². The zero-order chi connectivity index (χ0) is 14.7. The van der Waals surface area contributed by atoms with E-state index < -0.39 is 0 Å². The second-order valence-electron chi connectivity index (χ2n) is 4.69. The van der Waals surface area contributed by atoms with Crippen LogP contribution in [0, 0.1) is 0 Å². The van der Waals surface area contributed by atoms with Crippen molar-refractivity contribution in [2.24, 2.45) is 5.10 Å². The summed E-state index contributed by atoms with van der Waals surface area (Å²) in [6, 6.07) is 15.7. The summed E-state index contributed by atoms with van der Waals surface area (Å²) < 4.78 is 0. The second kappa shape index (κ2) is 5.94. The van der Waals surface area contributed by atoms with Crippen LogP contribution in [0.1, 0.15) is 22.7 Å². The molecule has 2 aromatic carbocycles. The number of carbonyl (C=O) groups is 1. The zero-order valence-corrected chi connectivity index (χ0v) is 11.9. The monoisotopic (exact) mass is 296 g/mol. The van der Waals surface area contributed by atoms with E-state index in [9.17, 15) is 4.79 Å². The number of rotatable bonds is 3. The number of nitrogens with zero attached hydrogens (tertiary/aromatic N) is 2. The molecular formula is C17H13ClN2O. The summed E-state index contributed by atoms with van der Waals surface area (Å²) in [7, 11) is 0. The van der Waals surface area contributed by atoms with Crippen molar-refractivity contribution in [3.8, 4) is 0 Å². The molecule has 21 heavy (non-hydrogen) atoms. The predicted octanol–water partition coefficient (Wildman–Crippen LogP) is 3.79. The van der Waals surface area contributed by atoms with E-state index in [2.05, 4.69) is 11.2 Å². The molecule has 0 saturated heterocycles. The Morgan fingerprint density at radius 3 is 2.62 bits per heavy atom. The Morgan fingerprint density at radius 1 is 1.10 bits per heavy atom. The van der Waals surface area contributed by atoms with Crippen LogP contribution < -0.4 is 0 Å². The highest BCUT2D eigenvalue weighted by Crippen LogP contribution is 2.34. The maximum Gasteiger partial charge on any atom is 0.144 e. The van der Waals surface area contributed by atoms with Crippen molar-refractivity contribution in [1.29, 1.82) is 0 Å². The maximum atomic E-state index is 10.6. The first kappa shape index (κ1) is 13.6. The van der Waals surface area contributed by atoms with Crippen molar-refractivity contribution in [3.05, 3.63) is 82.5 Å². The maximum absolute atomic E-state index is 10.6. The van der Waals surface area contributed by atoms with Gasteiger partial charge in [0.1, 0.15) is 12.3 Å². The Kier molecular flexibility index (Phi) is 3.84. The molecule has 2 aromatic rings. The van der Waals surface area contributed by atoms with Crippen molar-refractivity contribution in [2.75, 3.05) is 0 Å². The molecular weight excluding hydrogens is 284 g/mol. The van der Waals surface area contributed by atoms with Crippen LogP contribution in [0.15, 0.2) is 65.9 Å². The highest BCUT2D eigenvalue weighted by atomic mass is 35.5. The van der Waals surface area contributed by atoms with Gasteiger partial charge in [-0.1, -0.05) is 48.0 Å². The summed E-state index contributed by atoms with van der Waals surface area (Å²) in [4.78, 5) is 10.6. The number of hydrogen-bond acceptors (Lipinski definition) is 3. The molecule has 104 valence electrons. The number of hydrogen-bond donors (Lipinski definition) is 0. The van der Waals surface area contributed by atoms with Gasteiger partial charge in [0.05, 0.1) is 6.21 Å². The van der Waals surface area contributed by atoms with Gasteiger partial charge in [-0.25, -0.2) is 0 Å². The van der Waals surface area contributed by atoms with E-state index in [-0.39, 0.29) is 6.04 Å². The molecule has 0 radical (unpaired) electrons. The van der Waals surface area contributed by atoms with Gasteiger partial charge in [0.15, 0.2) is 0 Å². The summed E-state index contributed by atoms with van der Waals surface area (Å²) in [5.41, 5.74) is 3.29. The van der Waals surface area contributed by atoms with Gasteiger partial charge in [-0.2, -0.15) is 5.10 Å². The Bertz CT molecular complexity index is 707. The van der Waals surface area contributed by atoms with E-state index in [1.54, 1.807) is 17.4 Å². The number of allylic oxidation sites excluding steroid dienone is 1. The fraction of sp³-hybridized carbons (Fsp3) is 0.0588. The van der Waals surface area contributed by atoms with Gasteiger partial charge < -0.3 is 0 Å². The van der Waals surface area contributed by atoms with Gasteiger partial charge in [0, 0.05) is 16.8 Å². The van der Waals surface area contributed by atoms with Crippen molar-refractivity contribution >= 4 is 24.1 Å². The Hall–Kier alpha value is -2.39. The lowest BCUT2D eigenvalue weighted by atomic mass is 9.93. The Labute approximate surface area is 128 Å². The van der Waals surface area contributed by atoms with Crippen LogP contribution in [0.5, 0.6) is 0 Å². The van der Waals surface area contributed by atoms with Gasteiger partial charge in [-0.15, -0.1) is 0 Å². The van der Waals surface area contributed by atoms with Crippen molar-refractivity contribution in [1.82, 2.24) is 5.01 Å². The van der Waals surface area contributed by atoms with Crippen LogP contribution >= 0.6 is 11.6 Å². The molecule has 0 bridgehead atoms. The molecule has 0 amide bonds. The van der Waals surface area contributed by atoms with Crippen molar-refractivity contribution < 1.29 is 4.79 Å². The molecule has 0 spiro atoms. The molecule has 3 nitrogen and oxygen atoms in total. The lowest BCUT2D eigenvalue weighted by Gasteiger charge is -2.31. The molecule has 1 atom stereocenters. The van der Waals surface area contributed by atoms with Crippen molar-refractivity contribution in [2.45, 2.75) is 6.04 Å². The lowest BCUT2D eigenvalue weighted by Crippen LogP contribution is -2.24. The number of benzene rings is 2. The van der Waals surface area contributed by atoms with E-state index in [4.69, 9.17) is 11.6 Å². The first-order valence-corrected chi connectivity index (χ1v) is 6.96. The van der Waals surface area contributed by atoms with Gasteiger partial charge >= 0.3 is 0 Å². The molecule has 4 heteroatoms. The molecule has 1 heterocycles. The summed E-state index contributed by atoms with van der Waals surface area (Å²) in [6.45, 7) is 0. The molecule has 0 fully saturated rings. The van der Waals surface area contributed by atoms with Gasteiger partial charge in [0.25, 0.3) is 0 Å². The van der Waals surface area contributed by atoms with Crippen LogP contribution in [0.4, 0.5) is 0 Å². The van der Waals surface area contributed by atoms with E-state index in [0.717, 1.165) is 23.0 Å². The largest absolute Gasteiger partial charge is 0.299 e. The first-order chi connectivity index (χ1) is 10.3. The molecule has 1 unspecified atom stereocenters. The van der Waals surface area contributed by atoms with E-state index in [1.807, 2.05) is 42.5 Å². The Morgan fingerprint density at radius 2 is 1.86 bits per heavy atom. The van der Waals surface area contributed by atoms with Gasteiger partial charge in [-0.05, 0) is 29.3 Å². The average Bonchev–Trinajstić information content (AvgIpc) is 2.53. The number of fused-ring (bicyclic) bond motifs is 1. The minimum absolute atomic E-state index is 0.0698. The second-order valence-corrected chi connectivity index (χ2v) is 5.12. The molecule has 0 saturated carbocycles. The number of aldehydes is 1. The minimum atomic E-state index is -0.0698. The highest BCUT2D eigenvalue weighted by Gasteiger charge is 2.24. The standard InChI is InChI=1S/C17H13ClN2O/c18-15-8-6-13(7-9-15)17-16-5-2-1-4-14(16)12-19-20(17)10-3-11-21/h1-12,17H. The fourth-order valence-electron chi connectivity index (χ4n) is 2.44. The average molecular weight is 297 g/mol. The first-order valence-electron chi connectivity index (χ1n) is 6.58. The zero-order valence-electron chi connectivity index (χ0n) is 11.2. The Balaban J connectivity index is 2.10. The van der Waals surface area contributed by atoms with E-state index in [1.165, 1.54) is 6.08 Å². The van der Waals surface area contributed by atoms with E-state index >= 15 is 0 Å². The topological polar surface area (TPSA) is 32.7 Å². The molecule has 3 rings (SSSR count).